The van der Waals surface area contributed by atoms with Crippen LogP contribution in [0, 0.1) is 13.8 Å². The van der Waals surface area contributed by atoms with Gasteiger partial charge in [-0.3, -0.25) is 4.79 Å². The number of rotatable bonds is 2. The van der Waals surface area contributed by atoms with Crippen LogP contribution in [0.2, 0.25) is 5.02 Å². The fourth-order valence-corrected chi connectivity index (χ4v) is 2.18. The number of anilines is 2. The summed E-state index contributed by atoms with van der Waals surface area (Å²) in [6.45, 7) is 3.75. The molecule has 0 aliphatic rings. The number of hydrogen-bond acceptors (Lipinski definition) is 2. The lowest BCUT2D eigenvalue weighted by atomic mass is 10.1. The maximum Gasteiger partial charge on any atom is 0.258 e. The van der Waals surface area contributed by atoms with E-state index in [1.807, 2.05) is 26.0 Å². The third kappa shape index (κ3) is 2.88. The molecule has 0 unspecified atom stereocenters. The number of carbonyl (C=O) groups excluding carboxylic acids is 1. The van der Waals surface area contributed by atoms with Gasteiger partial charge in [0.05, 0.1) is 5.56 Å². The third-order valence-corrected chi connectivity index (χ3v) is 3.20. The van der Waals surface area contributed by atoms with E-state index < -0.39 is 0 Å². The molecule has 0 saturated carbocycles. The van der Waals surface area contributed by atoms with E-state index in [4.69, 9.17) is 17.3 Å². The van der Waals surface area contributed by atoms with Crippen LogP contribution in [0.4, 0.5) is 11.4 Å². The van der Waals surface area contributed by atoms with Crippen molar-refractivity contribution in [1.82, 2.24) is 0 Å². The van der Waals surface area contributed by atoms with Crippen LogP contribution in [0.3, 0.4) is 0 Å². The average Bonchev–Trinajstić information content (AvgIpc) is 2.32. The Morgan fingerprint density at radius 2 is 1.89 bits per heavy atom. The molecule has 0 saturated heterocycles. The lowest BCUT2D eigenvalue weighted by Gasteiger charge is -2.12. The lowest BCUT2D eigenvalue weighted by molar-refractivity contribution is 0.102. The van der Waals surface area contributed by atoms with Crippen LogP contribution in [0.1, 0.15) is 21.5 Å². The first-order chi connectivity index (χ1) is 8.99. The maximum absolute atomic E-state index is 12.3. The summed E-state index contributed by atoms with van der Waals surface area (Å²) < 4.78 is 0. The number of nitrogens with two attached hydrogens (primary N) is 1. The second-order valence-electron chi connectivity index (χ2n) is 4.45. The zero-order chi connectivity index (χ0) is 14.0. The van der Waals surface area contributed by atoms with E-state index in [1.165, 1.54) is 0 Å². The molecular weight excluding hydrogens is 260 g/mol. The van der Waals surface area contributed by atoms with Crippen LogP contribution in [0.25, 0.3) is 0 Å². The summed E-state index contributed by atoms with van der Waals surface area (Å²) >= 11 is 5.89. The van der Waals surface area contributed by atoms with Gasteiger partial charge in [-0.15, -0.1) is 0 Å². The van der Waals surface area contributed by atoms with Gasteiger partial charge in [0.15, 0.2) is 0 Å². The highest BCUT2D eigenvalue weighted by molar-refractivity contribution is 6.30. The molecular formula is C15H15ClN2O. The monoisotopic (exact) mass is 274 g/mol. The van der Waals surface area contributed by atoms with E-state index in [9.17, 15) is 4.79 Å². The van der Waals surface area contributed by atoms with Crippen LogP contribution in [-0.4, -0.2) is 5.91 Å². The molecule has 2 aromatic carbocycles. The summed E-state index contributed by atoms with van der Waals surface area (Å²) in [7, 11) is 0. The van der Waals surface area contributed by atoms with Gasteiger partial charge in [-0.25, -0.2) is 0 Å². The molecule has 0 aliphatic heterocycles. The molecule has 0 heterocycles. The number of carbonyl (C=O) groups is 1. The number of benzene rings is 2. The minimum Gasteiger partial charge on any atom is -0.398 e. The van der Waals surface area contributed by atoms with E-state index in [0.29, 0.717) is 16.3 Å². The Balaban J connectivity index is 2.31. The largest absolute Gasteiger partial charge is 0.398 e. The highest BCUT2D eigenvalue weighted by atomic mass is 35.5. The minimum atomic E-state index is -0.207. The van der Waals surface area contributed by atoms with Gasteiger partial charge in [0.25, 0.3) is 5.91 Å². The Hall–Kier alpha value is -2.00. The predicted octanol–water partition coefficient (Wildman–Crippen LogP) is 3.79. The first kappa shape index (κ1) is 13.4. The topological polar surface area (TPSA) is 55.1 Å². The second kappa shape index (κ2) is 5.33. The maximum atomic E-state index is 12.3. The molecule has 4 heteroatoms. The summed E-state index contributed by atoms with van der Waals surface area (Å²) in [5.74, 6) is -0.207. The molecule has 98 valence electrons. The lowest BCUT2D eigenvalue weighted by Crippen LogP contribution is -2.16. The van der Waals surface area contributed by atoms with E-state index in [2.05, 4.69) is 5.32 Å². The molecule has 0 fully saturated rings. The molecule has 2 rings (SSSR count). The molecule has 0 atom stereocenters. The molecule has 0 aliphatic carbocycles. The average molecular weight is 275 g/mol. The Kier molecular flexibility index (Phi) is 3.76. The molecule has 0 aromatic heterocycles. The first-order valence-corrected chi connectivity index (χ1v) is 6.29. The number of hydrogen-bond donors (Lipinski definition) is 2. The van der Waals surface area contributed by atoms with Crippen LogP contribution in [0.5, 0.6) is 0 Å². The van der Waals surface area contributed by atoms with Crippen LogP contribution < -0.4 is 11.1 Å². The third-order valence-electron chi connectivity index (χ3n) is 2.97. The molecule has 2 aromatic rings. The molecule has 0 spiro atoms. The molecule has 0 radical (unpaired) electrons. The van der Waals surface area contributed by atoms with Crippen LogP contribution in [-0.2, 0) is 0 Å². The van der Waals surface area contributed by atoms with Crippen molar-refractivity contribution in [2.75, 3.05) is 11.1 Å². The fourth-order valence-electron chi connectivity index (χ4n) is 1.95. The van der Waals surface area contributed by atoms with Crippen LogP contribution in [0.15, 0.2) is 36.4 Å². The van der Waals surface area contributed by atoms with Crippen molar-refractivity contribution in [3.8, 4) is 0 Å². The number of nitrogens with one attached hydrogen (secondary N) is 1. The quantitative estimate of drug-likeness (QED) is 0.819. The number of amides is 1. The van der Waals surface area contributed by atoms with E-state index >= 15 is 0 Å². The van der Waals surface area contributed by atoms with Gasteiger partial charge in [-0.1, -0.05) is 23.7 Å². The van der Waals surface area contributed by atoms with E-state index in [1.54, 1.807) is 24.3 Å². The zero-order valence-corrected chi connectivity index (χ0v) is 11.6. The Morgan fingerprint density at radius 3 is 2.53 bits per heavy atom. The van der Waals surface area contributed by atoms with E-state index in [0.717, 1.165) is 16.8 Å². The van der Waals surface area contributed by atoms with Crippen molar-refractivity contribution in [2.45, 2.75) is 13.8 Å². The highest BCUT2D eigenvalue weighted by Crippen LogP contribution is 2.22. The number of aryl methyl sites for hydroxylation is 2. The van der Waals surface area contributed by atoms with Gasteiger partial charge >= 0.3 is 0 Å². The molecule has 19 heavy (non-hydrogen) atoms. The Morgan fingerprint density at radius 1 is 1.16 bits per heavy atom. The summed E-state index contributed by atoms with van der Waals surface area (Å²) in [6.07, 6.45) is 0. The normalized spacial score (nSPS) is 10.3. The molecule has 0 bridgehead atoms. The fraction of sp³-hybridized carbons (Fsp3) is 0.133. The van der Waals surface area contributed by atoms with Crippen molar-refractivity contribution in [1.29, 1.82) is 0 Å². The van der Waals surface area contributed by atoms with Crippen molar-refractivity contribution in [3.63, 3.8) is 0 Å². The van der Waals surface area contributed by atoms with Gasteiger partial charge in [0, 0.05) is 16.4 Å². The predicted molar refractivity (Wildman–Crippen MR) is 79.7 cm³/mol. The Bertz CT molecular complexity index is 618. The zero-order valence-electron chi connectivity index (χ0n) is 10.8. The van der Waals surface area contributed by atoms with Gasteiger partial charge in [0.1, 0.15) is 0 Å². The van der Waals surface area contributed by atoms with Gasteiger partial charge < -0.3 is 11.1 Å². The Labute approximate surface area is 117 Å². The standard InChI is InChI=1S/C15H15ClN2O/c1-9-4-3-5-12(17)14(9)15(19)18-13-7-6-11(16)8-10(13)2/h3-8H,17H2,1-2H3,(H,18,19). The van der Waals surface area contributed by atoms with Crippen molar-refractivity contribution in [3.05, 3.63) is 58.1 Å². The van der Waals surface area contributed by atoms with Gasteiger partial charge in [-0.05, 0) is 49.2 Å². The van der Waals surface area contributed by atoms with Gasteiger partial charge in [-0.2, -0.15) is 0 Å². The summed E-state index contributed by atoms with van der Waals surface area (Å²) in [4.78, 5) is 12.3. The van der Waals surface area contributed by atoms with Gasteiger partial charge in [0.2, 0.25) is 0 Å². The summed E-state index contributed by atoms with van der Waals surface area (Å²) in [5.41, 5.74) is 9.34. The molecule has 3 N–H and O–H groups in total. The SMILES string of the molecule is Cc1cc(Cl)ccc1NC(=O)c1c(C)cccc1N. The number of nitrogen functional groups attached to an aromatic ring is 1. The smallest absolute Gasteiger partial charge is 0.258 e. The van der Waals surface area contributed by atoms with Crippen molar-refractivity contribution in [2.24, 2.45) is 0 Å². The summed E-state index contributed by atoms with van der Waals surface area (Å²) in [6, 6.07) is 10.7. The molecule has 3 nitrogen and oxygen atoms in total. The van der Waals surface area contributed by atoms with Crippen molar-refractivity contribution >= 4 is 28.9 Å². The second-order valence-corrected chi connectivity index (χ2v) is 4.89. The van der Waals surface area contributed by atoms with E-state index in [-0.39, 0.29) is 5.91 Å². The van der Waals surface area contributed by atoms with Crippen LogP contribution >= 0.6 is 11.6 Å². The highest BCUT2D eigenvalue weighted by Gasteiger charge is 2.13. The minimum absolute atomic E-state index is 0.207. The summed E-state index contributed by atoms with van der Waals surface area (Å²) in [5, 5.41) is 3.50. The molecule has 1 amide bonds. The van der Waals surface area contributed by atoms with Crippen molar-refractivity contribution < 1.29 is 4.79 Å². The first-order valence-electron chi connectivity index (χ1n) is 5.91. The number of halogens is 1.